The van der Waals surface area contributed by atoms with E-state index in [4.69, 9.17) is 9.15 Å². The highest BCUT2D eigenvalue weighted by atomic mass is 16.5. The normalized spacial score (nSPS) is 11.0. The van der Waals surface area contributed by atoms with Crippen LogP contribution >= 0.6 is 0 Å². The summed E-state index contributed by atoms with van der Waals surface area (Å²) in [7, 11) is 3.88. The van der Waals surface area contributed by atoms with Crippen molar-refractivity contribution in [3.8, 4) is 17.4 Å². The first-order valence-electron chi connectivity index (χ1n) is 8.63. The minimum absolute atomic E-state index is 0.0903. The summed E-state index contributed by atoms with van der Waals surface area (Å²) in [5, 5.41) is 9.28. The molecule has 0 fully saturated rings. The fourth-order valence-electron chi connectivity index (χ4n) is 2.49. The molecule has 3 aromatic rings. The molecule has 6 nitrogen and oxygen atoms in total. The Morgan fingerprint density at radius 3 is 2.54 bits per heavy atom. The number of carbonyl (C=O) groups excluding carboxylic acids is 1. The van der Waals surface area contributed by atoms with Gasteiger partial charge in [0.25, 0.3) is 0 Å². The van der Waals surface area contributed by atoms with Crippen molar-refractivity contribution in [1.29, 1.82) is 5.26 Å². The number of hydrogen-bond acceptors (Lipinski definition) is 6. The highest BCUT2D eigenvalue weighted by Gasteiger charge is 2.13. The van der Waals surface area contributed by atoms with E-state index in [1.54, 1.807) is 6.20 Å². The van der Waals surface area contributed by atoms with Crippen LogP contribution in [0.1, 0.15) is 11.5 Å². The summed E-state index contributed by atoms with van der Waals surface area (Å²) in [4.78, 5) is 18.3. The van der Waals surface area contributed by atoms with Gasteiger partial charge in [0, 0.05) is 25.3 Å². The predicted molar refractivity (Wildman–Crippen MR) is 106 cm³/mol. The molecule has 0 bridgehead atoms. The van der Waals surface area contributed by atoms with E-state index in [1.165, 1.54) is 6.08 Å². The van der Waals surface area contributed by atoms with E-state index < -0.39 is 5.97 Å². The Labute approximate surface area is 163 Å². The number of benzene rings is 2. The second-order valence-corrected chi connectivity index (χ2v) is 6.22. The van der Waals surface area contributed by atoms with Crippen molar-refractivity contribution < 1.29 is 13.9 Å². The zero-order valence-corrected chi connectivity index (χ0v) is 15.6. The third-order valence-corrected chi connectivity index (χ3v) is 4.00. The van der Waals surface area contributed by atoms with Crippen LogP contribution in [0.25, 0.3) is 17.4 Å². The first-order chi connectivity index (χ1) is 13.6. The molecule has 0 unspecified atom stereocenters. The molecule has 0 saturated heterocycles. The van der Waals surface area contributed by atoms with Gasteiger partial charge in [-0.25, -0.2) is 9.78 Å². The average molecular weight is 373 g/mol. The number of esters is 1. The Morgan fingerprint density at radius 2 is 1.89 bits per heavy atom. The Bertz CT molecular complexity index is 1010. The molecule has 0 aliphatic rings. The first-order valence-corrected chi connectivity index (χ1v) is 8.63. The lowest BCUT2D eigenvalue weighted by molar-refractivity contribution is -0.140. The Kier molecular flexibility index (Phi) is 5.87. The topological polar surface area (TPSA) is 79.4 Å². The van der Waals surface area contributed by atoms with Crippen LogP contribution in [0.5, 0.6) is 0 Å². The molecule has 0 N–H and O–H groups in total. The second kappa shape index (κ2) is 8.69. The first kappa shape index (κ1) is 18.9. The summed E-state index contributed by atoms with van der Waals surface area (Å²) < 4.78 is 10.8. The SMILES string of the molecule is CN(C)c1ccc(/C=C(/C#N)C(=O)OCc2ncc(-c3ccccc3)o2)cc1. The van der Waals surface area contributed by atoms with E-state index in [2.05, 4.69) is 4.98 Å². The van der Waals surface area contributed by atoms with Gasteiger partial charge in [-0.05, 0) is 23.8 Å². The van der Waals surface area contributed by atoms with Gasteiger partial charge in [-0.15, -0.1) is 0 Å². The number of hydrogen-bond donors (Lipinski definition) is 0. The van der Waals surface area contributed by atoms with Gasteiger partial charge >= 0.3 is 5.97 Å². The fraction of sp³-hybridized carbons (Fsp3) is 0.136. The Morgan fingerprint density at radius 1 is 1.18 bits per heavy atom. The van der Waals surface area contributed by atoms with Crippen LogP contribution in [0.2, 0.25) is 0 Å². The molecule has 3 rings (SSSR count). The largest absolute Gasteiger partial charge is 0.452 e. The monoisotopic (exact) mass is 373 g/mol. The zero-order valence-electron chi connectivity index (χ0n) is 15.6. The molecular weight excluding hydrogens is 354 g/mol. The number of nitriles is 1. The van der Waals surface area contributed by atoms with Crippen molar-refractivity contribution in [2.45, 2.75) is 6.61 Å². The minimum atomic E-state index is -0.723. The van der Waals surface area contributed by atoms with E-state index in [1.807, 2.05) is 79.7 Å². The number of oxazole rings is 1. The predicted octanol–water partition coefficient (Wildman–Crippen LogP) is 4.06. The molecule has 0 spiro atoms. The molecule has 6 heteroatoms. The van der Waals surface area contributed by atoms with Gasteiger partial charge in [0.2, 0.25) is 5.89 Å². The lowest BCUT2D eigenvalue weighted by Crippen LogP contribution is -2.08. The molecular formula is C22H19N3O3. The summed E-state index contributed by atoms with van der Waals surface area (Å²) in [6, 6.07) is 18.9. The zero-order chi connectivity index (χ0) is 19.9. The highest BCUT2D eigenvalue weighted by molar-refractivity contribution is 5.97. The summed E-state index contributed by atoms with van der Waals surface area (Å²) in [6.45, 7) is -0.149. The van der Waals surface area contributed by atoms with Crippen LogP contribution in [0.15, 0.2) is 70.8 Å². The van der Waals surface area contributed by atoms with Gasteiger partial charge in [-0.2, -0.15) is 5.26 Å². The molecule has 0 atom stereocenters. The van der Waals surface area contributed by atoms with Crippen molar-refractivity contribution in [1.82, 2.24) is 4.98 Å². The van der Waals surface area contributed by atoms with Gasteiger partial charge in [0.05, 0.1) is 6.20 Å². The molecule has 2 aromatic carbocycles. The molecule has 0 aliphatic heterocycles. The second-order valence-electron chi connectivity index (χ2n) is 6.22. The minimum Gasteiger partial charge on any atom is -0.452 e. The maximum atomic E-state index is 12.2. The molecule has 140 valence electrons. The molecule has 0 aliphatic carbocycles. The van der Waals surface area contributed by atoms with E-state index in [0.717, 1.165) is 16.8 Å². The van der Waals surface area contributed by atoms with Gasteiger partial charge in [-0.1, -0.05) is 42.5 Å². The molecule has 1 heterocycles. The number of rotatable bonds is 6. The lowest BCUT2D eigenvalue weighted by atomic mass is 10.1. The number of nitrogens with zero attached hydrogens (tertiary/aromatic N) is 3. The maximum absolute atomic E-state index is 12.2. The van der Waals surface area contributed by atoms with Crippen LogP contribution in [0, 0.1) is 11.3 Å². The third-order valence-electron chi connectivity index (χ3n) is 4.00. The third kappa shape index (κ3) is 4.65. The summed E-state index contributed by atoms with van der Waals surface area (Å²) >= 11 is 0. The molecule has 28 heavy (non-hydrogen) atoms. The molecule has 1 aromatic heterocycles. The van der Waals surface area contributed by atoms with Crippen molar-refractivity contribution in [2.24, 2.45) is 0 Å². The summed E-state index contributed by atoms with van der Waals surface area (Å²) in [5.41, 5.74) is 2.55. The number of ether oxygens (including phenoxy) is 1. The van der Waals surface area contributed by atoms with E-state index in [0.29, 0.717) is 5.76 Å². The Balaban J connectivity index is 1.64. The fourth-order valence-corrected chi connectivity index (χ4v) is 2.49. The quantitative estimate of drug-likeness (QED) is 0.368. The Hall–Kier alpha value is -3.85. The van der Waals surface area contributed by atoms with Crippen LogP contribution in [-0.2, 0) is 16.1 Å². The number of aromatic nitrogens is 1. The number of carbonyl (C=O) groups is 1. The smallest absolute Gasteiger partial charge is 0.349 e. The van der Waals surface area contributed by atoms with Crippen LogP contribution in [0.4, 0.5) is 5.69 Å². The van der Waals surface area contributed by atoms with E-state index in [-0.39, 0.29) is 18.1 Å². The number of anilines is 1. The van der Waals surface area contributed by atoms with Gasteiger partial charge in [0.1, 0.15) is 11.6 Å². The lowest BCUT2D eigenvalue weighted by Gasteiger charge is -2.11. The van der Waals surface area contributed by atoms with Crippen molar-refractivity contribution in [2.75, 3.05) is 19.0 Å². The van der Waals surface area contributed by atoms with E-state index in [9.17, 15) is 10.1 Å². The van der Waals surface area contributed by atoms with Gasteiger partial charge < -0.3 is 14.1 Å². The average Bonchev–Trinajstić information content (AvgIpc) is 3.20. The molecule has 0 amide bonds. The van der Waals surface area contributed by atoms with Crippen LogP contribution < -0.4 is 4.90 Å². The maximum Gasteiger partial charge on any atom is 0.349 e. The van der Waals surface area contributed by atoms with Crippen molar-refractivity contribution in [3.63, 3.8) is 0 Å². The van der Waals surface area contributed by atoms with E-state index >= 15 is 0 Å². The van der Waals surface area contributed by atoms with Crippen LogP contribution in [-0.4, -0.2) is 25.0 Å². The van der Waals surface area contributed by atoms with Crippen molar-refractivity contribution >= 4 is 17.7 Å². The van der Waals surface area contributed by atoms with Gasteiger partial charge in [0.15, 0.2) is 12.4 Å². The van der Waals surface area contributed by atoms with Crippen LogP contribution in [0.3, 0.4) is 0 Å². The van der Waals surface area contributed by atoms with Crippen molar-refractivity contribution in [3.05, 3.63) is 77.8 Å². The van der Waals surface area contributed by atoms with Gasteiger partial charge in [-0.3, -0.25) is 0 Å². The molecule has 0 saturated carbocycles. The summed E-state index contributed by atoms with van der Waals surface area (Å²) in [5.74, 6) is 0.127. The highest BCUT2D eigenvalue weighted by Crippen LogP contribution is 2.20. The standard InChI is InChI=1S/C22H19N3O3/c1-25(2)19-10-8-16(9-11-19)12-18(13-23)22(26)27-15-21-24-14-20(28-21)17-6-4-3-5-7-17/h3-12,14H,15H2,1-2H3/b18-12-. The molecule has 0 radical (unpaired) electrons. The summed E-state index contributed by atoms with van der Waals surface area (Å²) in [6.07, 6.45) is 3.07.